The highest BCUT2D eigenvalue weighted by atomic mass is 32.2. The molecule has 0 amide bonds. The Hall–Kier alpha value is -1.09. The molecule has 2 nitrogen and oxygen atoms in total. The summed E-state index contributed by atoms with van der Waals surface area (Å²) in [7, 11) is -2.49. The molecular weight excluding hydrogens is 184 g/mol. The normalized spacial score (nSPS) is 10.4. The monoisotopic (exact) mass is 196 g/mol. The van der Waals surface area contributed by atoms with Gasteiger partial charge in [0.05, 0.1) is 4.90 Å². The van der Waals surface area contributed by atoms with E-state index in [4.69, 9.17) is 0 Å². The topological polar surface area (TPSA) is 34.1 Å². The molecule has 0 heterocycles. The first-order chi connectivity index (χ1) is 6.02. The second-order valence-electron chi connectivity index (χ2n) is 3.04. The van der Waals surface area contributed by atoms with Crippen molar-refractivity contribution in [3.05, 3.63) is 35.9 Å². The van der Waals surface area contributed by atoms with Gasteiger partial charge in [-0.3, -0.25) is 0 Å². The Morgan fingerprint density at radius 2 is 2.00 bits per heavy atom. The summed E-state index contributed by atoms with van der Waals surface area (Å²) in [6.07, 6.45) is 0. The lowest BCUT2D eigenvalue weighted by molar-refractivity contribution is 0.614. The summed E-state index contributed by atoms with van der Waals surface area (Å²) < 4.78 is 21.4. The third-order valence-electron chi connectivity index (χ3n) is 1.89. The molecule has 0 saturated heterocycles. The number of benzene rings is 1. The molecule has 0 spiro atoms. The molecule has 1 rings (SSSR count). The molecular formula is C10H12O2S. The maximum absolute atomic E-state index is 10.7. The summed E-state index contributed by atoms with van der Waals surface area (Å²) in [5.41, 5.74) is 2.85. The SMILES string of the molecule is C=C(C)c1cc([SH](=O)=O)ccc1C. The van der Waals surface area contributed by atoms with Gasteiger partial charge in [0, 0.05) is 0 Å². The van der Waals surface area contributed by atoms with Crippen LogP contribution in [0.3, 0.4) is 0 Å². The zero-order valence-corrected chi connectivity index (χ0v) is 8.60. The van der Waals surface area contributed by atoms with E-state index < -0.39 is 10.7 Å². The number of aryl methyl sites for hydroxylation is 1. The van der Waals surface area contributed by atoms with Gasteiger partial charge >= 0.3 is 0 Å². The van der Waals surface area contributed by atoms with Crippen molar-refractivity contribution in [2.24, 2.45) is 0 Å². The molecule has 0 N–H and O–H groups in total. The maximum Gasteiger partial charge on any atom is 0.168 e. The third kappa shape index (κ3) is 2.18. The van der Waals surface area contributed by atoms with Crippen LogP contribution in [0.15, 0.2) is 29.7 Å². The van der Waals surface area contributed by atoms with E-state index in [1.54, 1.807) is 18.2 Å². The van der Waals surface area contributed by atoms with Crippen molar-refractivity contribution in [1.29, 1.82) is 0 Å². The van der Waals surface area contributed by atoms with Crippen molar-refractivity contribution in [1.82, 2.24) is 0 Å². The molecule has 0 aromatic heterocycles. The van der Waals surface area contributed by atoms with Crippen LogP contribution in [-0.4, -0.2) is 8.42 Å². The summed E-state index contributed by atoms with van der Waals surface area (Å²) >= 11 is 0. The molecule has 0 aliphatic carbocycles. The zero-order chi connectivity index (χ0) is 10.0. The minimum Gasteiger partial charge on any atom is -0.227 e. The molecule has 1 aromatic carbocycles. The van der Waals surface area contributed by atoms with Crippen LogP contribution >= 0.6 is 0 Å². The largest absolute Gasteiger partial charge is 0.227 e. The molecule has 0 aliphatic heterocycles. The Labute approximate surface area is 79.9 Å². The molecule has 0 saturated carbocycles. The van der Waals surface area contributed by atoms with Crippen molar-refractivity contribution in [2.45, 2.75) is 18.7 Å². The van der Waals surface area contributed by atoms with E-state index in [-0.39, 0.29) is 0 Å². The average molecular weight is 196 g/mol. The van der Waals surface area contributed by atoms with Gasteiger partial charge in [-0.1, -0.05) is 18.2 Å². The summed E-state index contributed by atoms with van der Waals surface area (Å²) in [6, 6.07) is 5.06. The molecule has 70 valence electrons. The molecule has 0 radical (unpaired) electrons. The third-order valence-corrected chi connectivity index (χ3v) is 2.59. The first-order valence-corrected chi connectivity index (χ1v) is 5.11. The van der Waals surface area contributed by atoms with Gasteiger partial charge in [-0.25, -0.2) is 8.42 Å². The second-order valence-corrected chi connectivity index (χ2v) is 4.07. The zero-order valence-electron chi connectivity index (χ0n) is 7.70. The van der Waals surface area contributed by atoms with Crippen molar-refractivity contribution >= 4 is 16.3 Å². The minimum absolute atomic E-state index is 0.346. The van der Waals surface area contributed by atoms with Crippen LogP contribution in [0.4, 0.5) is 0 Å². The number of hydrogen-bond donors (Lipinski definition) is 1. The Morgan fingerprint density at radius 3 is 2.46 bits per heavy atom. The predicted molar refractivity (Wildman–Crippen MR) is 54.5 cm³/mol. The van der Waals surface area contributed by atoms with E-state index in [9.17, 15) is 8.42 Å². The van der Waals surface area contributed by atoms with Gasteiger partial charge < -0.3 is 0 Å². The number of thiol groups is 1. The van der Waals surface area contributed by atoms with Gasteiger partial charge in [0.1, 0.15) is 0 Å². The molecule has 13 heavy (non-hydrogen) atoms. The van der Waals surface area contributed by atoms with Gasteiger partial charge in [-0.2, -0.15) is 0 Å². The molecule has 0 fully saturated rings. The molecule has 1 aromatic rings. The summed E-state index contributed by atoms with van der Waals surface area (Å²) in [5.74, 6) is 0. The van der Waals surface area contributed by atoms with E-state index in [0.717, 1.165) is 16.7 Å². The van der Waals surface area contributed by atoms with Crippen LogP contribution in [0, 0.1) is 6.92 Å². The van der Waals surface area contributed by atoms with Gasteiger partial charge in [0.2, 0.25) is 0 Å². The Bertz CT molecular complexity index is 409. The number of hydrogen-bond acceptors (Lipinski definition) is 2. The Balaban J connectivity index is 3.35. The molecule has 0 aliphatic rings. The van der Waals surface area contributed by atoms with Crippen molar-refractivity contribution in [2.75, 3.05) is 0 Å². The first-order valence-electron chi connectivity index (χ1n) is 3.93. The van der Waals surface area contributed by atoms with E-state index in [0.29, 0.717) is 4.90 Å². The summed E-state index contributed by atoms with van der Waals surface area (Å²) in [4.78, 5) is 0.346. The maximum atomic E-state index is 10.7. The van der Waals surface area contributed by atoms with E-state index in [1.807, 2.05) is 13.8 Å². The molecule has 0 bridgehead atoms. The summed E-state index contributed by atoms with van der Waals surface area (Å²) in [5, 5.41) is 0. The van der Waals surface area contributed by atoms with E-state index >= 15 is 0 Å². The van der Waals surface area contributed by atoms with Gasteiger partial charge in [0.25, 0.3) is 0 Å². The minimum atomic E-state index is -2.49. The highest BCUT2D eigenvalue weighted by Gasteiger charge is 2.01. The fraction of sp³-hybridized carbons (Fsp3) is 0.200. The van der Waals surface area contributed by atoms with Crippen molar-refractivity contribution in [3.8, 4) is 0 Å². The highest BCUT2D eigenvalue weighted by Crippen LogP contribution is 2.18. The smallest absolute Gasteiger partial charge is 0.168 e. The van der Waals surface area contributed by atoms with Gasteiger partial charge in [0.15, 0.2) is 10.7 Å². The van der Waals surface area contributed by atoms with Crippen molar-refractivity contribution in [3.63, 3.8) is 0 Å². The number of allylic oxidation sites excluding steroid dienone is 1. The lowest BCUT2D eigenvalue weighted by atomic mass is 10.0. The fourth-order valence-corrected chi connectivity index (χ4v) is 1.61. The Kier molecular flexibility index (Phi) is 2.88. The second kappa shape index (κ2) is 3.75. The van der Waals surface area contributed by atoms with E-state index in [1.165, 1.54) is 0 Å². The molecule has 0 unspecified atom stereocenters. The van der Waals surface area contributed by atoms with Gasteiger partial charge in [-0.15, -0.1) is 0 Å². The number of rotatable bonds is 2. The molecule has 0 atom stereocenters. The Morgan fingerprint density at radius 1 is 1.38 bits per heavy atom. The molecule has 3 heteroatoms. The fourth-order valence-electron chi connectivity index (χ4n) is 1.18. The first kappa shape index (κ1) is 9.99. The lowest BCUT2D eigenvalue weighted by Gasteiger charge is -2.04. The van der Waals surface area contributed by atoms with Gasteiger partial charge in [-0.05, 0) is 37.1 Å². The van der Waals surface area contributed by atoms with Crippen molar-refractivity contribution < 1.29 is 8.42 Å². The van der Waals surface area contributed by atoms with Crippen LogP contribution in [0.5, 0.6) is 0 Å². The quantitative estimate of drug-likeness (QED) is 0.734. The standard InChI is InChI=1S/C10H12O2S/c1-7(2)10-6-9(13(11)12)5-4-8(10)3/h4-6,13H,1H2,2-3H3. The van der Waals surface area contributed by atoms with Crippen LogP contribution in [0.2, 0.25) is 0 Å². The summed E-state index contributed by atoms with van der Waals surface area (Å²) in [6.45, 7) is 7.59. The van der Waals surface area contributed by atoms with Crippen LogP contribution in [0.25, 0.3) is 5.57 Å². The predicted octanol–water partition coefficient (Wildman–Crippen LogP) is 2.00. The highest BCUT2D eigenvalue weighted by molar-refractivity contribution is 7.72. The van der Waals surface area contributed by atoms with Crippen LogP contribution < -0.4 is 0 Å². The van der Waals surface area contributed by atoms with E-state index in [2.05, 4.69) is 6.58 Å². The average Bonchev–Trinajstić information content (AvgIpc) is 2.04. The van der Waals surface area contributed by atoms with Crippen LogP contribution in [0.1, 0.15) is 18.1 Å². The lowest BCUT2D eigenvalue weighted by Crippen LogP contribution is -1.88. The van der Waals surface area contributed by atoms with Crippen LogP contribution in [-0.2, 0) is 10.7 Å².